The van der Waals surface area contributed by atoms with Crippen molar-refractivity contribution in [3.05, 3.63) is 47.3 Å². The number of hydrogen-bond acceptors (Lipinski definition) is 5. The number of carbonyl (C=O) groups excluding carboxylic acids is 1. The Bertz CT molecular complexity index is 900. The zero-order valence-electron chi connectivity index (χ0n) is 15.2. The molecule has 0 spiro atoms. The normalized spacial score (nSPS) is 17.6. The molecule has 0 saturated carbocycles. The maximum absolute atomic E-state index is 15.1. The summed E-state index contributed by atoms with van der Waals surface area (Å²) in [5, 5.41) is 6.27. The smallest absolute Gasteiger partial charge is 0.258 e. The fourth-order valence-corrected chi connectivity index (χ4v) is 4.95. The monoisotopic (exact) mass is 395 g/mol. The van der Waals surface area contributed by atoms with Crippen molar-refractivity contribution in [3.8, 4) is 0 Å². The molecule has 2 heterocycles. The van der Waals surface area contributed by atoms with Crippen LogP contribution in [0.25, 0.3) is 0 Å². The highest BCUT2D eigenvalue weighted by Crippen LogP contribution is 2.31. The van der Waals surface area contributed by atoms with E-state index in [9.17, 15) is 13.2 Å². The minimum atomic E-state index is -3.83. The van der Waals surface area contributed by atoms with Gasteiger partial charge in [0.05, 0.1) is 0 Å². The van der Waals surface area contributed by atoms with Crippen LogP contribution < -0.4 is 5.32 Å². The zero-order chi connectivity index (χ0) is 19.7. The molecule has 0 radical (unpaired) electrons. The van der Waals surface area contributed by atoms with Crippen LogP contribution in [0.2, 0.25) is 0 Å². The number of piperidine rings is 1. The second-order valence-electron chi connectivity index (χ2n) is 6.69. The van der Waals surface area contributed by atoms with Gasteiger partial charge in [-0.1, -0.05) is 35.5 Å². The molecule has 0 aliphatic carbocycles. The number of nitrogens with zero attached hydrogens (tertiary/aromatic N) is 2. The van der Waals surface area contributed by atoms with Crippen molar-refractivity contribution >= 4 is 15.9 Å². The summed E-state index contributed by atoms with van der Waals surface area (Å²) in [7, 11) is -3.83. The molecule has 1 aromatic carbocycles. The molecule has 1 aromatic heterocycles. The first kappa shape index (κ1) is 19.5. The van der Waals surface area contributed by atoms with Gasteiger partial charge in [0.2, 0.25) is 10.0 Å². The molecule has 3 rings (SSSR count). The molecule has 0 atom stereocenters. The zero-order valence-corrected chi connectivity index (χ0v) is 16.1. The number of halogens is 1. The molecule has 1 fully saturated rings. The Balaban J connectivity index is 1.64. The van der Waals surface area contributed by atoms with Crippen molar-refractivity contribution < 1.29 is 22.1 Å². The second kappa shape index (κ2) is 7.40. The van der Waals surface area contributed by atoms with Gasteiger partial charge < -0.3 is 9.84 Å². The van der Waals surface area contributed by atoms with E-state index < -0.39 is 21.6 Å². The standard InChI is InChI=1S/C18H22FN3O4S/c1-13-16(14(2)26-21-13)27(24,25)22-10-8-18(19,9-11-22)17(23)20-12-15-6-4-3-5-7-15/h3-7H,8-12H2,1-2H3,(H,20,23). The van der Waals surface area contributed by atoms with Gasteiger partial charge in [0.25, 0.3) is 5.91 Å². The molecular weight excluding hydrogens is 373 g/mol. The summed E-state index contributed by atoms with van der Waals surface area (Å²) in [5.74, 6) is -0.508. The SMILES string of the molecule is Cc1noc(C)c1S(=O)(=O)N1CCC(F)(C(=O)NCc2ccccc2)CC1. The van der Waals surface area contributed by atoms with E-state index in [-0.39, 0.29) is 48.8 Å². The van der Waals surface area contributed by atoms with E-state index in [4.69, 9.17) is 4.52 Å². The van der Waals surface area contributed by atoms with Gasteiger partial charge in [-0.05, 0) is 19.4 Å². The number of carbonyl (C=O) groups is 1. The molecule has 1 aliphatic rings. The van der Waals surface area contributed by atoms with Gasteiger partial charge in [-0.25, -0.2) is 12.8 Å². The predicted molar refractivity (Wildman–Crippen MR) is 96.1 cm³/mol. The topological polar surface area (TPSA) is 92.5 Å². The third-order valence-corrected chi connectivity index (χ3v) is 6.93. The van der Waals surface area contributed by atoms with Crippen LogP contribution in [0.5, 0.6) is 0 Å². The summed E-state index contributed by atoms with van der Waals surface area (Å²) in [6.07, 6.45) is -0.396. The molecule has 146 valence electrons. The van der Waals surface area contributed by atoms with Crippen LogP contribution >= 0.6 is 0 Å². The number of alkyl halides is 1. The van der Waals surface area contributed by atoms with Gasteiger partial charge in [0.15, 0.2) is 11.4 Å². The Hall–Kier alpha value is -2.26. The van der Waals surface area contributed by atoms with Crippen molar-refractivity contribution in [2.24, 2.45) is 0 Å². The van der Waals surface area contributed by atoms with E-state index in [1.807, 2.05) is 30.3 Å². The van der Waals surface area contributed by atoms with Gasteiger partial charge in [0, 0.05) is 32.5 Å². The fourth-order valence-electron chi connectivity index (χ4n) is 3.22. The second-order valence-corrected chi connectivity index (χ2v) is 8.57. The van der Waals surface area contributed by atoms with Crippen LogP contribution in [0.4, 0.5) is 4.39 Å². The van der Waals surface area contributed by atoms with Crippen molar-refractivity contribution in [2.75, 3.05) is 13.1 Å². The minimum absolute atomic E-state index is 0.0161. The van der Waals surface area contributed by atoms with E-state index in [0.717, 1.165) is 5.56 Å². The lowest BCUT2D eigenvalue weighted by atomic mass is 9.93. The number of aromatic nitrogens is 1. The molecule has 1 aliphatic heterocycles. The summed E-state index contributed by atoms with van der Waals surface area (Å²) in [6.45, 7) is 3.13. The maximum Gasteiger partial charge on any atom is 0.258 e. The van der Waals surface area contributed by atoms with Crippen molar-refractivity contribution in [1.82, 2.24) is 14.8 Å². The quantitative estimate of drug-likeness (QED) is 0.837. The number of amides is 1. The minimum Gasteiger partial charge on any atom is -0.360 e. The summed E-state index contributed by atoms with van der Waals surface area (Å²) in [4.78, 5) is 12.3. The molecule has 1 N–H and O–H groups in total. The number of nitrogens with one attached hydrogen (secondary N) is 1. The average molecular weight is 395 g/mol. The Morgan fingerprint density at radius 2 is 1.89 bits per heavy atom. The maximum atomic E-state index is 15.1. The fraction of sp³-hybridized carbons (Fsp3) is 0.444. The van der Waals surface area contributed by atoms with Crippen molar-refractivity contribution in [1.29, 1.82) is 0 Å². The van der Waals surface area contributed by atoms with Crippen LogP contribution in [0.1, 0.15) is 29.9 Å². The molecule has 0 unspecified atom stereocenters. The van der Waals surface area contributed by atoms with E-state index in [2.05, 4.69) is 10.5 Å². The number of benzene rings is 1. The van der Waals surface area contributed by atoms with Crippen molar-refractivity contribution in [3.63, 3.8) is 0 Å². The Morgan fingerprint density at radius 1 is 1.26 bits per heavy atom. The summed E-state index contributed by atoms with van der Waals surface area (Å²) >= 11 is 0. The first-order valence-electron chi connectivity index (χ1n) is 8.68. The largest absolute Gasteiger partial charge is 0.360 e. The highest BCUT2D eigenvalue weighted by molar-refractivity contribution is 7.89. The van der Waals surface area contributed by atoms with Crippen LogP contribution in [-0.2, 0) is 21.4 Å². The van der Waals surface area contributed by atoms with Gasteiger partial charge in [0.1, 0.15) is 10.6 Å². The van der Waals surface area contributed by atoms with Crippen molar-refractivity contribution in [2.45, 2.75) is 43.8 Å². The molecular formula is C18H22FN3O4S. The van der Waals surface area contributed by atoms with Gasteiger partial charge >= 0.3 is 0 Å². The summed E-state index contributed by atoms with van der Waals surface area (Å²) < 4.78 is 46.7. The van der Waals surface area contributed by atoms with Crippen LogP contribution in [0, 0.1) is 13.8 Å². The number of rotatable bonds is 5. The van der Waals surface area contributed by atoms with Gasteiger partial charge in [-0.15, -0.1) is 0 Å². The lowest BCUT2D eigenvalue weighted by molar-refractivity contribution is -0.135. The van der Waals surface area contributed by atoms with Crippen LogP contribution in [-0.4, -0.2) is 42.5 Å². The Labute approximate surface area is 157 Å². The van der Waals surface area contributed by atoms with Crippen LogP contribution in [0.15, 0.2) is 39.8 Å². The lowest BCUT2D eigenvalue weighted by Crippen LogP contribution is -2.52. The lowest BCUT2D eigenvalue weighted by Gasteiger charge is -2.34. The molecule has 1 saturated heterocycles. The molecule has 7 nitrogen and oxygen atoms in total. The predicted octanol–water partition coefficient (Wildman–Crippen LogP) is 2.10. The molecule has 0 bridgehead atoms. The molecule has 2 aromatic rings. The summed E-state index contributed by atoms with van der Waals surface area (Å²) in [5.41, 5.74) is -0.947. The molecule has 1 amide bonds. The third-order valence-electron chi connectivity index (χ3n) is 4.78. The number of aryl methyl sites for hydroxylation is 2. The Morgan fingerprint density at radius 3 is 2.44 bits per heavy atom. The van der Waals surface area contributed by atoms with Crippen LogP contribution in [0.3, 0.4) is 0 Å². The molecule has 9 heteroatoms. The van der Waals surface area contributed by atoms with E-state index in [0.29, 0.717) is 0 Å². The Kier molecular flexibility index (Phi) is 5.34. The first-order valence-corrected chi connectivity index (χ1v) is 10.1. The van der Waals surface area contributed by atoms with Gasteiger partial charge in [-0.2, -0.15) is 4.31 Å². The number of sulfonamides is 1. The average Bonchev–Trinajstić information content (AvgIpc) is 3.00. The van der Waals surface area contributed by atoms with E-state index in [1.165, 1.54) is 11.2 Å². The highest BCUT2D eigenvalue weighted by atomic mass is 32.2. The number of hydrogen-bond donors (Lipinski definition) is 1. The van der Waals surface area contributed by atoms with E-state index in [1.54, 1.807) is 6.92 Å². The highest BCUT2D eigenvalue weighted by Gasteiger charge is 2.45. The summed E-state index contributed by atoms with van der Waals surface area (Å²) in [6, 6.07) is 9.21. The first-order chi connectivity index (χ1) is 12.7. The third kappa shape index (κ3) is 3.89. The van der Waals surface area contributed by atoms with E-state index >= 15 is 4.39 Å². The molecule has 27 heavy (non-hydrogen) atoms. The van der Waals surface area contributed by atoms with Gasteiger partial charge in [-0.3, -0.25) is 4.79 Å².